The standard InChI is InChI=1S/C18H22N4O3S/c19-26(24,25)17-6-4-15(5-7-17)21-18(23)14-8-11-22(12-9-14)13-16-3-1-2-10-20-16/h1-7,10,14H,8-9,11-13H2,(H,21,23)(H2,19,24,25). The number of piperidine rings is 1. The summed E-state index contributed by atoms with van der Waals surface area (Å²) in [6, 6.07) is 11.8. The lowest BCUT2D eigenvalue weighted by atomic mass is 9.95. The zero-order valence-electron chi connectivity index (χ0n) is 14.3. The van der Waals surface area contributed by atoms with Crippen LogP contribution in [0.25, 0.3) is 0 Å². The van der Waals surface area contributed by atoms with E-state index in [2.05, 4.69) is 15.2 Å². The molecule has 1 amide bonds. The van der Waals surface area contributed by atoms with Crippen molar-refractivity contribution >= 4 is 21.6 Å². The van der Waals surface area contributed by atoms with Crippen molar-refractivity contribution in [2.75, 3.05) is 18.4 Å². The Kier molecular flexibility index (Phi) is 5.65. The molecule has 2 heterocycles. The minimum atomic E-state index is -3.72. The monoisotopic (exact) mass is 374 g/mol. The van der Waals surface area contributed by atoms with E-state index in [4.69, 9.17) is 5.14 Å². The molecular formula is C18H22N4O3S. The number of hydrogen-bond acceptors (Lipinski definition) is 5. The summed E-state index contributed by atoms with van der Waals surface area (Å²) in [7, 11) is -3.72. The molecule has 3 rings (SSSR count). The number of nitrogens with zero attached hydrogens (tertiary/aromatic N) is 2. The van der Waals surface area contributed by atoms with Crippen LogP contribution in [0.1, 0.15) is 18.5 Å². The summed E-state index contributed by atoms with van der Waals surface area (Å²) in [6.07, 6.45) is 3.36. The highest BCUT2D eigenvalue weighted by Gasteiger charge is 2.25. The van der Waals surface area contributed by atoms with Gasteiger partial charge in [-0.1, -0.05) is 6.07 Å². The molecule has 1 aromatic heterocycles. The summed E-state index contributed by atoms with van der Waals surface area (Å²) in [5.74, 6) is -0.0845. The molecule has 0 bridgehead atoms. The molecular weight excluding hydrogens is 352 g/mol. The summed E-state index contributed by atoms with van der Waals surface area (Å²) in [6.45, 7) is 2.49. The van der Waals surface area contributed by atoms with Crippen molar-refractivity contribution in [2.45, 2.75) is 24.3 Å². The predicted octanol–water partition coefficient (Wildman–Crippen LogP) is 1.58. The first-order valence-corrected chi connectivity index (χ1v) is 10.0. The Labute approximate surface area is 153 Å². The van der Waals surface area contributed by atoms with Gasteiger partial charge in [0.1, 0.15) is 0 Å². The van der Waals surface area contributed by atoms with E-state index < -0.39 is 10.0 Å². The average molecular weight is 374 g/mol. The van der Waals surface area contributed by atoms with Crippen LogP contribution < -0.4 is 10.5 Å². The summed E-state index contributed by atoms with van der Waals surface area (Å²) in [5.41, 5.74) is 1.60. The fourth-order valence-electron chi connectivity index (χ4n) is 3.05. The van der Waals surface area contributed by atoms with Gasteiger partial charge in [-0.05, 0) is 62.3 Å². The molecule has 0 saturated carbocycles. The number of nitrogens with one attached hydrogen (secondary N) is 1. The maximum absolute atomic E-state index is 12.4. The molecule has 0 spiro atoms. The van der Waals surface area contributed by atoms with Gasteiger partial charge in [-0.15, -0.1) is 0 Å². The minimum absolute atomic E-state index is 0.0262. The van der Waals surface area contributed by atoms with E-state index in [-0.39, 0.29) is 16.7 Å². The number of carbonyl (C=O) groups excluding carboxylic acids is 1. The lowest BCUT2D eigenvalue weighted by Gasteiger charge is -2.31. The van der Waals surface area contributed by atoms with Crippen molar-refractivity contribution in [1.29, 1.82) is 0 Å². The van der Waals surface area contributed by atoms with Crippen molar-refractivity contribution in [3.63, 3.8) is 0 Å². The normalized spacial score (nSPS) is 16.3. The highest BCUT2D eigenvalue weighted by atomic mass is 32.2. The van der Waals surface area contributed by atoms with Gasteiger partial charge in [-0.25, -0.2) is 13.6 Å². The molecule has 1 aliphatic heterocycles. The lowest BCUT2D eigenvalue weighted by Crippen LogP contribution is -2.37. The number of anilines is 1. The van der Waals surface area contributed by atoms with Crippen molar-refractivity contribution in [3.05, 3.63) is 54.4 Å². The molecule has 0 atom stereocenters. The predicted molar refractivity (Wildman–Crippen MR) is 98.7 cm³/mol. The first kappa shape index (κ1) is 18.5. The second-order valence-corrected chi connectivity index (χ2v) is 7.99. The summed E-state index contributed by atoms with van der Waals surface area (Å²) in [4.78, 5) is 19.1. The van der Waals surface area contributed by atoms with E-state index >= 15 is 0 Å². The third-order valence-electron chi connectivity index (χ3n) is 4.52. The molecule has 8 heteroatoms. The van der Waals surface area contributed by atoms with Gasteiger partial charge >= 0.3 is 0 Å². The zero-order chi connectivity index (χ0) is 18.6. The van der Waals surface area contributed by atoms with Gasteiger partial charge in [0.05, 0.1) is 10.6 Å². The number of aromatic nitrogens is 1. The molecule has 138 valence electrons. The van der Waals surface area contributed by atoms with E-state index in [1.807, 2.05) is 18.2 Å². The SMILES string of the molecule is NS(=O)(=O)c1ccc(NC(=O)C2CCN(Cc3ccccn3)CC2)cc1. The molecule has 7 nitrogen and oxygen atoms in total. The topological polar surface area (TPSA) is 105 Å². The molecule has 3 N–H and O–H groups in total. The van der Waals surface area contributed by atoms with Crippen LogP contribution in [0.5, 0.6) is 0 Å². The highest BCUT2D eigenvalue weighted by molar-refractivity contribution is 7.89. The van der Waals surface area contributed by atoms with Gasteiger partial charge in [-0.3, -0.25) is 14.7 Å². The van der Waals surface area contributed by atoms with Crippen LogP contribution in [0, 0.1) is 5.92 Å². The first-order valence-electron chi connectivity index (χ1n) is 8.48. The molecule has 2 aromatic rings. The van der Waals surface area contributed by atoms with Crippen LogP contribution >= 0.6 is 0 Å². The maximum Gasteiger partial charge on any atom is 0.238 e. The van der Waals surface area contributed by atoms with Crippen LogP contribution in [0.15, 0.2) is 53.6 Å². The zero-order valence-corrected chi connectivity index (χ0v) is 15.2. The summed E-state index contributed by atoms with van der Waals surface area (Å²) < 4.78 is 22.5. The van der Waals surface area contributed by atoms with Crippen molar-refractivity contribution in [2.24, 2.45) is 11.1 Å². The second kappa shape index (κ2) is 7.94. The van der Waals surface area contributed by atoms with Crippen molar-refractivity contribution in [3.8, 4) is 0 Å². The Bertz CT molecular complexity index is 846. The third-order valence-corrected chi connectivity index (χ3v) is 5.45. The number of sulfonamides is 1. The van der Waals surface area contributed by atoms with E-state index in [1.165, 1.54) is 12.1 Å². The Balaban J connectivity index is 1.50. The number of hydrogen-bond donors (Lipinski definition) is 2. The van der Waals surface area contributed by atoms with E-state index in [0.717, 1.165) is 38.2 Å². The molecule has 0 aliphatic carbocycles. The van der Waals surface area contributed by atoms with Gasteiger partial charge in [0.2, 0.25) is 15.9 Å². The number of amides is 1. The number of primary sulfonamides is 1. The van der Waals surface area contributed by atoms with Crippen LogP contribution in [0.2, 0.25) is 0 Å². The van der Waals surface area contributed by atoms with Crippen molar-refractivity contribution < 1.29 is 13.2 Å². The Hall–Kier alpha value is -2.29. The molecule has 26 heavy (non-hydrogen) atoms. The van der Waals surface area contributed by atoms with E-state index in [9.17, 15) is 13.2 Å². The van der Waals surface area contributed by atoms with Gasteiger partial charge in [0, 0.05) is 24.3 Å². The molecule has 1 saturated heterocycles. The van der Waals surface area contributed by atoms with Crippen LogP contribution in [-0.2, 0) is 21.4 Å². The second-order valence-electron chi connectivity index (χ2n) is 6.43. The number of likely N-dealkylation sites (tertiary alicyclic amines) is 1. The number of rotatable bonds is 5. The molecule has 0 radical (unpaired) electrons. The minimum Gasteiger partial charge on any atom is -0.326 e. The molecule has 1 fully saturated rings. The van der Waals surface area contributed by atoms with Crippen molar-refractivity contribution in [1.82, 2.24) is 9.88 Å². The first-order chi connectivity index (χ1) is 12.4. The van der Waals surface area contributed by atoms with Gasteiger partial charge < -0.3 is 5.32 Å². The smallest absolute Gasteiger partial charge is 0.238 e. The fraction of sp³-hybridized carbons (Fsp3) is 0.333. The Morgan fingerprint density at radius 3 is 2.42 bits per heavy atom. The molecule has 1 aromatic carbocycles. The van der Waals surface area contributed by atoms with Crippen LogP contribution in [0.3, 0.4) is 0 Å². The number of benzene rings is 1. The number of nitrogens with two attached hydrogens (primary N) is 1. The number of carbonyl (C=O) groups is 1. The van der Waals surface area contributed by atoms with Crippen LogP contribution in [-0.4, -0.2) is 37.3 Å². The Morgan fingerprint density at radius 1 is 1.15 bits per heavy atom. The largest absolute Gasteiger partial charge is 0.326 e. The summed E-state index contributed by atoms with van der Waals surface area (Å²) >= 11 is 0. The highest BCUT2D eigenvalue weighted by Crippen LogP contribution is 2.21. The molecule has 1 aliphatic rings. The fourth-order valence-corrected chi connectivity index (χ4v) is 3.56. The lowest BCUT2D eigenvalue weighted by molar-refractivity contribution is -0.121. The summed E-state index contributed by atoms with van der Waals surface area (Å²) in [5, 5.41) is 7.92. The molecule has 0 unspecified atom stereocenters. The third kappa shape index (κ3) is 4.87. The number of pyridine rings is 1. The van der Waals surface area contributed by atoms with E-state index in [0.29, 0.717) is 5.69 Å². The maximum atomic E-state index is 12.4. The van der Waals surface area contributed by atoms with E-state index in [1.54, 1.807) is 18.3 Å². The Morgan fingerprint density at radius 2 is 1.85 bits per heavy atom. The van der Waals surface area contributed by atoms with Gasteiger partial charge in [0.15, 0.2) is 0 Å². The average Bonchev–Trinajstić information content (AvgIpc) is 2.63. The van der Waals surface area contributed by atoms with Gasteiger partial charge in [-0.2, -0.15) is 0 Å². The quantitative estimate of drug-likeness (QED) is 0.827. The van der Waals surface area contributed by atoms with Crippen LogP contribution in [0.4, 0.5) is 5.69 Å². The van der Waals surface area contributed by atoms with Gasteiger partial charge in [0.25, 0.3) is 0 Å².